The van der Waals surface area contributed by atoms with E-state index in [1.54, 1.807) is 24.3 Å². The minimum absolute atomic E-state index is 0.0277. The van der Waals surface area contributed by atoms with E-state index < -0.39 is 5.91 Å². The molecule has 0 saturated heterocycles. The van der Waals surface area contributed by atoms with E-state index in [-0.39, 0.29) is 17.0 Å². The van der Waals surface area contributed by atoms with Gasteiger partial charge in [-0.25, -0.2) is 4.90 Å². The molecule has 2 amide bonds. The molecule has 2 aromatic carbocycles. The smallest absolute Gasteiger partial charge is 0.282 e. The zero-order chi connectivity index (χ0) is 21.5. The standard InChI is InChI=1S/C24H21ClN2O2S/c1-24(2,3)15-10-12-16(13-11-15)26-21-20(19-9-6-14-30-19)22(28)27(23(21)29)18-8-5-4-7-17(18)25/h4-14,26H,1-3H3. The highest BCUT2D eigenvalue weighted by Crippen LogP contribution is 2.38. The average molecular weight is 437 g/mol. The fraction of sp³-hybridized carbons (Fsp3) is 0.167. The first-order chi connectivity index (χ1) is 14.3. The lowest BCUT2D eigenvalue weighted by Gasteiger charge is -2.19. The monoisotopic (exact) mass is 436 g/mol. The predicted molar refractivity (Wildman–Crippen MR) is 124 cm³/mol. The summed E-state index contributed by atoms with van der Waals surface area (Å²) in [6, 6.07) is 18.5. The van der Waals surface area contributed by atoms with Crippen LogP contribution in [-0.4, -0.2) is 11.8 Å². The van der Waals surface area contributed by atoms with Crippen LogP contribution in [0.1, 0.15) is 31.2 Å². The van der Waals surface area contributed by atoms with Crippen LogP contribution in [-0.2, 0) is 15.0 Å². The fourth-order valence-corrected chi connectivity index (χ4v) is 4.33. The van der Waals surface area contributed by atoms with Gasteiger partial charge in [0.25, 0.3) is 11.8 Å². The molecule has 1 N–H and O–H groups in total. The molecule has 1 aliphatic heterocycles. The summed E-state index contributed by atoms with van der Waals surface area (Å²) < 4.78 is 0. The second-order valence-electron chi connectivity index (χ2n) is 8.08. The van der Waals surface area contributed by atoms with E-state index >= 15 is 0 Å². The number of amides is 2. The lowest BCUT2D eigenvalue weighted by molar-refractivity contribution is -0.120. The topological polar surface area (TPSA) is 49.4 Å². The summed E-state index contributed by atoms with van der Waals surface area (Å²) >= 11 is 7.71. The fourth-order valence-electron chi connectivity index (χ4n) is 3.34. The van der Waals surface area contributed by atoms with Crippen LogP contribution >= 0.6 is 22.9 Å². The van der Waals surface area contributed by atoms with Gasteiger partial charge in [-0.15, -0.1) is 11.3 Å². The first-order valence-corrected chi connectivity index (χ1v) is 10.8. The molecule has 0 fully saturated rings. The van der Waals surface area contributed by atoms with E-state index in [0.717, 1.165) is 15.5 Å². The average Bonchev–Trinajstić information content (AvgIpc) is 3.30. The Morgan fingerprint density at radius 2 is 1.60 bits per heavy atom. The van der Waals surface area contributed by atoms with Crippen molar-refractivity contribution in [1.29, 1.82) is 0 Å². The summed E-state index contributed by atoms with van der Waals surface area (Å²) in [5.41, 5.74) is 2.95. The zero-order valence-corrected chi connectivity index (χ0v) is 18.5. The van der Waals surface area contributed by atoms with E-state index in [2.05, 4.69) is 26.1 Å². The molecule has 1 aliphatic rings. The molecule has 2 heterocycles. The van der Waals surface area contributed by atoms with Gasteiger partial charge in [0.05, 0.1) is 16.3 Å². The van der Waals surface area contributed by atoms with Gasteiger partial charge in [-0.3, -0.25) is 9.59 Å². The van der Waals surface area contributed by atoms with Crippen LogP contribution in [0.5, 0.6) is 0 Å². The second kappa shape index (κ2) is 7.74. The van der Waals surface area contributed by atoms with Crippen molar-refractivity contribution >= 4 is 51.7 Å². The third kappa shape index (κ3) is 3.66. The number of hydrogen-bond acceptors (Lipinski definition) is 4. The minimum Gasteiger partial charge on any atom is -0.350 e. The van der Waals surface area contributed by atoms with E-state index in [1.165, 1.54) is 16.9 Å². The summed E-state index contributed by atoms with van der Waals surface area (Å²) in [5, 5.41) is 5.42. The van der Waals surface area contributed by atoms with E-state index in [4.69, 9.17) is 11.6 Å². The second-order valence-corrected chi connectivity index (χ2v) is 9.43. The van der Waals surface area contributed by atoms with Gasteiger partial charge in [-0.05, 0) is 46.7 Å². The number of rotatable bonds is 4. The van der Waals surface area contributed by atoms with Crippen molar-refractivity contribution in [2.45, 2.75) is 26.2 Å². The number of benzene rings is 2. The van der Waals surface area contributed by atoms with Gasteiger partial charge in [-0.2, -0.15) is 0 Å². The molecule has 4 nitrogen and oxygen atoms in total. The summed E-state index contributed by atoms with van der Waals surface area (Å²) in [6.45, 7) is 6.44. The zero-order valence-electron chi connectivity index (χ0n) is 16.9. The van der Waals surface area contributed by atoms with Gasteiger partial charge in [0.1, 0.15) is 5.70 Å². The molecule has 0 atom stereocenters. The molecule has 0 saturated carbocycles. The van der Waals surface area contributed by atoms with Gasteiger partial charge in [0.15, 0.2) is 0 Å². The number of halogens is 1. The van der Waals surface area contributed by atoms with Crippen LogP contribution < -0.4 is 10.2 Å². The molecule has 0 spiro atoms. The Hall–Kier alpha value is -2.89. The Morgan fingerprint density at radius 1 is 0.900 bits per heavy atom. The van der Waals surface area contributed by atoms with Gasteiger partial charge < -0.3 is 5.32 Å². The van der Waals surface area contributed by atoms with Crippen LogP contribution in [0, 0.1) is 0 Å². The maximum absolute atomic E-state index is 13.3. The summed E-state index contributed by atoms with van der Waals surface area (Å²) in [5.74, 6) is -0.805. The van der Waals surface area contributed by atoms with E-state index in [9.17, 15) is 9.59 Å². The highest BCUT2D eigenvalue weighted by atomic mass is 35.5. The number of para-hydroxylation sites is 1. The lowest BCUT2D eigenvalue weighted by atomic mass is 9.87. The highest BCUT2D eigenvalue weighted by molar-refractivity contribution is 7.11. The van der Waals surface area contributed by atoms with E-state index in [1.807, 2.05) is 41.8 Å². The molecule has 4 rings (SSSR count). The third-order valence-electron chi connectivity index (χ3n) is 4.97. The number of carbonyl (C=O) groups is 2. The largest absolute Gasteiger partial charge is 0.350 e. The lowest BCUT2D eigenvalue weighted by Crippen LogP contribution is -2.32. The first-order valence-electron chi connectivity index (χ1n) is 9.56. The Bertz CT molecular complexity index is 1140. The number of nitrogens with zero attached hydrogens (tertiary/aromatic N) is 1. The summed E-state index contributed by atoms with van der Waals surface area (Å²) in [6.07, 6.45) is 0. The van der Waals surface area contributed by atoms with Crippen molar-refractivity contribution in [1.82, 2.24) is 0 Å². The van der Waals surface area contributed by atoms with Crippen molar-refractivity contribution in [3.8, 4) is 0 Å². The van der Waals surface area contributed by atoms with Crippen molar-refractivity contribution in [3.63, 3.8) is 0 Å². The van der Waals surface area contributed by atoms with E-state index in [0.29, 0.717) is 16.3 Å². The molecule has 0 radical (unpaired) electrons. The van der Waals surface area contributed by atoms with Crippen LogP contribution in [0.3, 0.4) is 0 Å². The highest BCUT2D eigenvalue weighted by Gasteiger charge is 2.41. The van der Waals surface area contributed by atoms with Crippen molar-refractivity contribution in [2.24, 2.45) is 0 Å². The molecule has 6 heteroatoms. The van der Waals surface area contributed by atoms with Crippen LogP contribution in [0.4, 0.5) is 11.4 Å². The molecule has 0 bridgehead atoms. The maximum Gasteiger partial charge on any atom is 0.282 e. The van der Waals surface area contributed by atoms with Gasteiger partial charge in [0, 0.05) is 10.6 Å². The van der Waals surface area contributed by atoms with Crippen LogP contribution in [0.15, 0.2) is 71.7 Å². The van der Waals surface area contributed by atoms with Crippen LogP contribution in [0.2, 0.25) is 5.02 Å². The Labute approximate surface area is 184 Å². The third-order valence-corrected chi connectivity index (χ3v) is 6.17. The number of hydrogen-bond donors (Lipinski definition) is 1. The first kappa shape index (κ1) is 20.4. The van der Waals surface area contributed by atoms with Crippen LogP contribution in [0.25, 0.3) is 5.57 Å². The van der Waals surface area contributed by atoms with Gasteiger partial charge in [-0.1, -0.05) is 62.7 Å². The number of imide groups is 1. The molecule has 30 heavy (non-hydrogen) atoms. The molecular formula is C24H21ClN2O2S. The molecular weight excluding hydrogens is 416 g/mol. The molecule has 3 aromatic rings. The van der Waals surface area contributed by atoms with Crippen molar-refractivity contribution < 1.29 is 9.59 Å². The molecule has 0 aliphatic carbocycles. The Balaban J connectivity index is 1.75. The summed E-state index contributed by atoms with van der Waals surface area (Å²) in [7, 11) is 0. The minimum atomic E-state index is -0.420. The van der Waals surface area contributed by atoms with Crippen molar-refractivity contribution in [3.05, 3.63) is 87.2 Å². The number of carbonyl (C=O) groups excluding carboxylic acids is 2. The summed E-state index contributed by atoms with van der Waals surface area (Å²) in [4.78, 5) is 28.5. The quantitative estimate of drug-likeness (QED) is 0.503. The van der Waals surface area contributed by atoms with Gasteiger partial charge in [0.2, 0.25) is 0 Å². The SMILES string of the molecule is CC(C)(C)c1ccc(NC2=C(c3cccs3)C(=O)N(c3ccccc3Cl)C2=O)cc1. The number of anilines is 2. The Morgan fingerprint density at radius 3 is 2.20 bits per heavy atom. The number of thiophene rings is 1. The van der Waals surface area contributed by atoms with Crippen molar-refractivity contribution in [2.75, 3.05) is 10.2 Å². The maximum atomic E-state index is 13.3. The molecule has 1 aromatic heterocycles. The Kier molecular flexibility index (Phi) is 5.26. The van der Waals surface area contributed by atoms with Gasteiger partial charge >= 0.3 is 0 Å². The molecule has 0 unspecified atom stereocenters. The number of nitrogens with one attached hydrogen (secondary N) is 1. The molecule has 152 valence electrons. The normalized spacial score (nSPS) is 14.6. The predicted octanol–water partition coefficient (Wildman–Crippen LogP) is 6.10.